The van der Waals surface area contributed by atoms with Gasteiger partial charge in [-0.3, -0.25) is 14.5 Å². The van der Waals surface area contributed by atoms with E-state index in [2.05, 4.69) is 5.48 Å². The van der Waals surface area contributed by atoms with Crippen molar-refractivity contribution >= 4 is 11.1 Å². The summed E-state index contributed by atoms with van der Waals surface area (Å²) in [4.78, 5) is 5.08. The van der Waals surface area contributed by atoms with Gasteiger partial charge in [0.05, 0.1) is 0 Å². The Balaban J connectivity index is 2.20. The average molecular weight is 210 g/mol. The molecule has 2 unspecified atom stereocenters. The van der Waals surface area contributed by atoms with Crippen molar-refractivity contribution in [3.8, 4) is 0 Å². The Morgan fingerprint density at radius 3 is 2.64 bits per heavy atom. The predicted octanol–water partition coefficient (Wildman–Crippen LogP) is 0.983. The van der Waals surface area contributed by atoms with E-state index in [1.165, 1.54) is 6.08 Å². The molecular formula is C9H8NO3S-. The SMILES string of the molecule is O=S([O-])C1=CC(c2ccccc2)ON1. The van der Waals surface area contributed by atoms with Crippen LogP contribution in [0, 0.1) is 0 Å². The molecule has 2 rings (SSSR count). The highest BCUT2D eigenvalue weighted by atomic mass is 32.2. The second-order valence-electron chi connectivity index (χ2n) is 2.82. The molecule has 1 N–H and O–H groups in total. The van der Waals surface area contributed by atoms with Crippen molar-refractivity contribution in [2.24, 2.45) is 0 Å². The van der Waals surface area contributed by atoms with Crippen molar-refractivity contribution in [1.29, 1.82) is 0 Å². The summed E-state index contributed by atoms with van der Waals surface area (Å²) in [6, 6.07) is 9.39. The zero-order chi connectivity index (χ0) is 9.97. The van der Waals surface area contributed by atoms with Crippen LogP contribution in [0.5, 0.6) is 0 Å². The third kappa shape index (κ3) is 1.84. The lowest BCUT2D eigenvalue weighted by molar-refractivity contribution is 0.0449. The zero-order valence-electron chi connectivity index (χ0n) is 7.17. The minimum absolute atomic E-state index is 0.0823. The van der Waals surface area contributed by atoms with E-state index in [-0.39, 0.29) is 11.1 Å². The van der Waals surface area contributed by atoms with Crippen molar-refractivity contribution < 1.29 is 13.6 Å². The third-order valence-corrected chi connectivity index (χ3v) is 2.48. The summed E-state index contributed by atoms with van der Waals surface area (Å²) < 4.78 is 21.1. The van der Waals surface area contributed by atoms with E-state index in [9.17, 15) is 8.76 Å². The second kappa shape index (κ2) is 3.91. The topological polar surface area (TPSA) is 61.4 Å². The first kappa shape index (κ1) is 9.39. The van der Waals surface area contributed by atoms with Crippen molar-refractivity contribution in [1.82, 2.24) is 5.48 Å². The number of rotatable bonds is 2. The van der Waals surface area contributed by atoms with Crippen LogP contribution < -0.4 is 5.48 Å². The van der Waals surface area contributed by atoms with Gasteiger partial charge in [0, 0.05) is 0 Å². The van der Waals surface area contributed by atoms with Crippen molar-refractivity contribution in [3.63, 3.8) is 0 Å². The van der Waals surface area contributed by atoms with E-state index < -0.39 is 11.1 Å². The fraction of sp³-hybridized carbons (Fsp3) is 0.111. The van der Waals surface area contributed by atoms with Crippen molar-refractivity contribution in [3.05, 3.63) is 47.0 Å². The van der Waals surface area contributed by atoms with Gasteiger partial charge in [0.1, 0.15) is 11.1 Å². The molecule has 1 aliphatic heterocycles. The lowest BCUT2D eigenvalue weighted by Crippen LogP contribution is -2.11. The molecule has 2 atom stereocenters. The third-order valence-electron chi connectivity index (χ3n) is 1.90. The molecule has 4 nitrogen and oxygen atoms in total. The van der Waals surface area contributed by atoms with Crippen LogP contribution in [0.25, 0.3) is 0 Å². The van der Waals surface area contributed by atoms with Gasteiger partial charge in [0.25, 0.3) is 0 Å². The number of benzene rings is 1. The molecule has 1 aromatic rings. The minimum atomic E-state index is -2.26. The van der Waals surface area contributed by atoms with Gasteiger partial charge in [-0.05, 0) is 22.7 Å². The first-order valence-electron chi connectivity index (χ1n) is 4.05. The zero-order valence-corrected chi connectivity index (χ0v) is 7.99. The van der Waals surface area contributed by atoms with Gasteiger partial charge in [-0.2, -0.15) is 0 Å². The summed E-state index contributed by atoms with van der Waals surface area (Å²) >= 11 is -2.26. The van der Waals surface area contributed by atoms with E-state index in [1.54, 1.807) is 0 Å². The molecule has 0 radical (unpaired) electrons. The Bertz CT molecular complexity index is 377. The van der Waals surface area contributed by atoms with Gasteiger partial charge in [0.2, 0.25) is 0 Å². The predicted molar refractivity (Wildman–Crippen MR) is 50.4 cm³/mol. The largest absolute Gasteiger partial charge is 0.767 e. The maximum atomic E-state index is 10.6. The highest BCUT2D eigenvalue weighted by Gasteiger charge is 2.17. The Morgan fingerprint density at radius 2 is 2.07 bits per heavy atom. The normalized spacial score (nSPS) is 22.6. The molecule has 0 bridgehead atoms. The van der Waals surface area contributed by atoms with Crippen LogP contribution in [0.15, 0.2) is 41.4 Å². The molecule has 0 saturated carbocycles. The quantitative estimate of drug-likeness (QED) is 0.739. The maximum absolute atomic E-state index is 10.6. The highest BCUT2D eigenvalue weighted by molar-refractivity contribution is 7.83. The molecule has 74 valence electrons. The fourth-order valence-corrected chi connectivity index (χ4v) is 1.57. The Morgan fingerprint density at radius 1 is 1.36 bits per heavy atom. The first-order chi connectivity index (χ1) is 6.77. The number of hydrogen-bond donors (Lipinski definition) is 1. The average Bonchev–Trinajstić information content (AvgIpc) is 2.68. The summed E-state index contributed by atoms with van der Waals surface area (Å²) in [5, 5.41) is 0.0823. The van der Waals surface area contributed by atoms with Gasteiger partial charge in [0.15, 0.2) is 0 Å². The highest BCUT2D eigenvalue weighted by Crippen LogP contribution is 2.24. The first-order valence-corrected chi connectivity index (χ1v) is 5.12. The van der Waals surface area contributed by atoms with Crippen LogP contribution in [0.3, 0.4) is 0 Å². The van der Waals surface area contributed by atoms with E-state index >= 15 is 0 Å². The number of hydroxylamine groups is 1. The van der Waals surface area contributed by atoms with E-state index in [0.717, 1.165) is 5.56 Å². The summed E-state index contributed by atoms with van der Waals surface area (Å²) in [6.45, 7) is 0. The molecule has 5 heteroatoms. The fourth-order valence-electron chi connectivity index (χ4n) is 1.22. The molecule has 0 aromatic heterocycles. The molecule has 0 aliphatic carbocycles. The van der Waals surface area contributed by atoms with Crippen LogP contribution in [0.2, 0.25) is 0 Å². The molecule has 0 spiro atoms. The molecule has 1 aliphatic rings. The molecule has 0 fully saturated rings. The summed E-state index contributed by atoms with van der Waals surface area (Å²) in [7, 11) is 0. The standard InChI is InChI=1S/C9H9NO3S/c11-14(12)9-6-8(13-10-9)7-4-2-1-3-5-7/h1-6,8,10H,(H,11,12)/p-1. The number of hydrogen-bond acceptors (Lipinski definition) is 4. The minimum Gasteiger partial charge on any atom is -0.767 e. The number of nitrogens with one attached hydrogen (secondary N) is 1. The Kier molecular flexibility index (Phi) is 2.62. The van der Waals surface area contributed by atoms with Gasteiger partial charge in [-0.25, -0.2) is 0 Å². The van der Waals surface area contributed by atoms with Crippen LogP contribution >= 0.6 is 0 Å². The molecular weight excluding hydrogens is 202 g/mol. The van der Waals surface area contributed by atoms with Crippen LogP contribution in [-0.2, 0) is 15.9 Å². The molecule has 1 heterocycles. The molecule has 0 saturated heterocycles. The lowest BCUT2D eigenvalue weighted by atomic mass is 10.1. The van der Waals surface area contributed by atoms with Crippen molar-refractivity contribution in [2.75, 3.05) is 0 Å². The van der Waals surface area contributed by atoms with Gasteiger partial charge < -0.3 is 4.55 Å². The molecule has 1 aromatic carbocycles. The Labute approximate surface area is 83.8 Å². The van der Waals surface area contributed by atoms with E-state index in [0.29, 0.717) is 0 Å². The second-order valence-corrected chi connectivity index (χ2v) is 3.73. The van der Waals surface area contributed by atoms with Gasteiger partial charge in [-0.15, -0.1) is 0 Å². The maximum Gasteiger partial charge on any atom is 0.131 e. The lowest BCUT2D eigenvalue weighted by Gasteiger charge is -2.07. The molecule has 14 heavy (non-hydrogen) atoms. The smallest absolute Gasteiger partial charge is 0.131 e. The van der Waals surface area contributed by atoms with Crippen molar-refractivity contribution in [2.45, 2.75) is 6.10 Å². The van der Waals surface area contributed by atoms with Crippen LogP contribution in [0.4, 0.5) is 0 Å². The van der Waals surface area contributed by atoms with Gasteiger partial charge >= 0.3 is 0 Å². The van der Waals surface area contributed by atoms with Crippen LogP contribution in [-0.4, -0.2) is 8.76 Å². The van der Waals surface area contributed by atoms with Crippen LogP contribution in [0.1, 0.15) is 11.7 Å². The monoisotopic (exact) mass is 210 g/mol. The summed E-state index contributed by atoms with van der Waals surface area (Å²) in [6.07, 6.45) is 1.20. The van der Waals surface area contributed by atoms with E-state index in [1.807, 2.05) is 30.3 Å². The van der Waals surface area contributed by atoms with E-state index in [4.69, 9.17) is 4.84 Å². The summed E-state index contributed by atoms with van der Waals surface area (Å²) in [5.41, 5.74) is 3.27. The van der Waals surface area contributed by atoms with Gasteiger partial charge in [-0.1, -0.05) is 30.3 Å². The molecule has 0 amide bonds. The Hall–Kier alpha value is -1.17. The summed E-state index contributed by atoms with van der Waals surface area (Å²) in [5.74, 6) is 0.